The summed E-state index contributed by atoms with van der Waals surface area (Å²) in [5, 5.41) is 9.48. The maximum atomic E-state index is 9.48. The van der Waals surface area contributed by atoms with Crippen molar-refractivity contribution < 1.29 is 9.84 Å². The Hall–Kier alpha value is -2.42. The lowest BCUT2D eigenvalue weighted by atomic mass is 9.79. The molecule has 0 heterocycles. The van der Waals surface area contributed by atoms with Gasteiger partial charge in [-0.25, -0.2) is 0 Å². The fraction of sp³-hybridized carbons (Fsp3) is 0.250. The van der Waals surface area contributed by atoms with Crippen LogP contribution in [0.1, 0.15) is 33.4 Å². The van der Waals surface area contributed by atoms with E-state index in [1.54, 1.807) is 0 Å². The molecule has 3 rings (SSSR count). The number of benzene rings is 3. The van der Waals surface area contributed by atoms with Crippen molar-refractivity contribution in [1.29, 1.82) is 0 Å². The summed E-state index contributed by atoms with van der Waals surface area (Å²) in [6.07, 6.45) is 0. The highest BCUT2D eigenvalue weighted by Crippen LogP contribution is 2.40. The van der Waals surface area contributed by atoms with Gasteiger partial charge in [-0.3, -0.25) is 0 Å². The van der Waals surface area contributed by atoms with Crippen LogP contribution in [0.25, 0.3) is 0 Å². The Balaban J connectivity index is 2.27. The van der Waals surface area contributed by atoms with E-state index in [2.05, 4.69) is 93.6 Å². The molecule has 134 valence electrons. The molecule has 0 aliphatic carbocycles. The van der Waals surface area contributed by atoms with Gasteiger partial charge in [-0.1, -0.05) is 89.5 Å². The Morgan fingerprint density at radius 1 is 0.615 bits per heavy atom. The molecule has 0 saturated heterocycles. The van der Waals surface area contributed by atoms with Crippen LogP contribution in [-0.4, -0.2) is 18.3 Å². The van der Waals surface area contributed by atoms with Crippen LogP contribution in [0.2, 0.25) is 0 Å². The van der Waals surface area contributed by atoms with E-state index in [4.69, 9.17) is 4.74 Å². The van der Waals surface area contributed by atoms with Crippen molar-refractivity contribution in [3.8, 4) is 0 Å². The number of ether oxygens (including phenoxy) is 1. The van der Waals surface area contributed by atoms with Crippen molar-refractivity contribution >= 4 is 0 Å². The summed E-state index contributed by atoms with van der Waals surface area (Å²) >= 11 is 0. The largest absolute Gasteiger partial charge is 0.394 e. The predicted molar refractivity (Wildman–Crippen MR) is 106 cm³/mol. The first kappa shape index (κ1) is 18.4. The molecule has 0 saturated carbocycles. The van der Waals surface area contributed by atoms with E-state index < -0.39 is 5.60 Å². The van der Waals surface area contributed by atoms with Crippen molar-refractivity contribution in [2.24, 2.45) is 0 Å². The topological polar surface area (TPSA) is 29.5 Å². The average Bonchev–Trinajstić information content (AvgIpc) is 2.66. The molecule has 0 atom stereocenters. The van der Waals surface area contributed by atoms with Crippen LogP contribution in [0.5, 0.6) is 0 Å². The van der Waals surface area contributed by atoms with Gasteiger partial charge in [0.15, 0.2) is 0 Å². The van der Waals surface area contributed by atoms with Crippen LogP contribution in [0.15, 0.2) is 72.8 Å². The van der Waals surface area contributed by atoms with E-state index in [-0.39, 0.29) is 13.2 Å². The summed E-state index contributed by atoms with van der Waals surface area (Å²) in [6, 6.07) is 25.3. The third-order valence-electron chi connectivity index (χ3n) is 4.78. The monoisotopic (exact) mass is 346 g/mol. The predicted octanol–water partition coefficient (Wildman–Crippen LogP) is 4.91. The lowest BCUT2D eigenvalue weighted by Crippen LogP contribution is -2.34. The van der Waals surface area contributed by atoms with E-state index in [0.717, 1.165) is 16.7 Å². The van der Waals surface area contributed by atoms with Crippen LogP contribution >= 0.6 is 0 Å². The van der Waals surface area contributed by atoms with E-state index >= 15 is 0 Å². The molecule has 0 aromatic heterocycles. The van der Waals surface area contributed by atoms with Gasteiger partial charge in [-0.2, -0.15) is 0 Å². The number of hydrogen-bond donors (Lipinski definition) is 1. The molecule has 0 aliphatic rings. The maximum absolute atomic E-state index is 9.48. The lowest BCUT2D eigenvalue weighted by Gasteiger charge is -2.36. The molecular weight excluding hydrogens is 320 g/mol. The number of aryl methyl sites for hydroxylation is 3. The zero-order valence-corrected chi connectivity index (χ0v) is 15.7. The summed E-state index contributed by atoms with van der Waals surface area (Å²) in [5.74, 6) is 0. The maximum Gasteiger partial charge on any atom is 0.143 e. The van der Waals surface area contributed by atoms with Crippen molar-refractivity contribution in [2.45, 2.75) is 26.4 Å². The van der Waals surface area contributed by atoms with E-state index in [1.807, 2.05) is 0 Å². The van der Waals surface area contributed by atoms with Gasteiger partial charge in [0.2, 0.25) is 0 Å². The van der Waals surface area contributed by atoms with Gasteiger partial charge in [-0.05, 0) is 37.5 Å². The Morgan fingerprint density at radius 3 is 1.19 bits per heavy atom. The molecule has 2 nitrogen and oxygen atoms in total. The first-order chi connectivity index (χ1) is 12.6. The SMILES string of the molecule is Cc1ccc(C(OCCO)(c2ccc(C)cc2)c2ccc(C)cc2)cc1. The fourth-order valence-corrected chi connectivity index (χ4v) is 3.31. The summed E-state index contributed by atoms with van der Waals surface area (Å²) in [5.41, 5.74) is 6.04. The van der Waals surface area contributed by atoms with Crippen LogP contribution in [0.3, 0.4) is 0 Å². The standard InChI is InChI=1S/C24H26O2/c1-18-4-10-21(11-5-18)24(26-17-16-25,22-12-6-19(2)7-13-22)23-14-8-20(3)9-15-23/h4-15,25H,16-17H2,1-3H3. The van der Waals surface area contributed by atoms with Gasteiger partial charge in [0.1, 0.15) is 5.60 Å². The van der Waals surface area contributed by atoms with E-state index in [9.17, 15) is 5.11 Å². The van der Waals surface area contributed by atoms with Crippen molar-refractivity contribution in [2.75, 3.05) is 13.2 Å². The Labute approximate surface area is 156 Å². The van der Waals surface area contributed by atoms with Crippen LogP contribution in [-0.2, 0) is 10.3 Å². The summed E-state index contributed by atoms with van der Waals surface area (Å²) in [4.78, 5) is 0. The number of rotatable bonds is 6. The number of aliphatic hydroxyl groups is 1. The van der Waals surface area contributed by atoms with Gasteiger partial charge in [0.05, 0.1) is 13.2 Å². The molecule has 2 heteroatoms. The minimum absolute atomic E-state index is 0.0225. The number of hydrogen-bond acceptors (Lipinski definition) is 2. The molecule has 0 unspecified atom stereocenters. The first-order valence-electron chi connectivity index (χ1n) is 9.02. The molecular formula is C24H26O2. The Morgan fingerprint density at radius 2 is 0.923 bits per heavy atom. The highest BCUT2D eigenvalue weighted by Gasteiger charge is 2.37. The van der Waals surface area contributed by atoms with Crippen LogP contribution < -0.4 is 0 Å². The van der Waals surface area contributed by atoms with Gasteiger partial charge in [0.25, 0.3) is 0 Å². The molecule has 0 aliphatic heterocycles. The summed E-state index contributed by atoms with van der Waals surface area (Å²) in [7, 11) is 0. The smallest absolute Gasteiger partial charge is 0.143 e. The fourth-order valence-electron chi connectivity index (χ4n) is 3.31. The Kier molecular flexibility index (Phi) is 5.55. The molecule has 0 fully saturated rings. The van der Waals surface area contributed by atoms with Crippen molar-refractivity contribution in [1.82, 2.24) is 0 Å². The second kappa shape index (κ2) is 7.86. The minimum atomic E-state index is -0.752. The van der Waals surface area contributed by atoms with E-state index in [0.29, 0.717) is 0 Å². The summed E-state index contributed by atoms with van der Waals surface area (Å²) < 4.78 is 6.41. The lowest BCUT2D eigenvalue weighted by molar-refractivity contribution is -0.00645. The third kappa shape index (κ3) is 3.57. The number of aliphatic hydroxyl groups excluding tert-OH is 1. The second-order valence-corrected chi connectivity index (χ2v) is 6.85. The van der Waals surface area contributed by atoms with Gasteiger partial charge in [-0.15, -0.1) is 0 Å². The molecule has 0 bridgehead atoms. The highest BCUT2D eigenvalue weighted by atomic mass is 16.5. The van der Waals surface area contributed by atoms with Gasteiger partial charge >= 0.3 is 0 Å². The molecule has 0 radical (unpaired) electrons. The first-order valence-corrected chi connectivity index (χ1v) is 9.02. The normalized spacial score (nSPS) is 11.5. The van der Waals surface area contributed by atoms with Gasteiger partial charge < -0.3 is 9.84 Å². The third-order valence-corrected chi connectivity index (χ3v) is 4.78. The minimum Gasteiger partial charge on any atom is -0.394 e. The summed E-state index contributed by atoms with van der Waals surface area (Å²) in [6.45, 7) is 6.48. The molecule has 0 amide bonds. The van der Waals surface area contributed by atoms with Crippen molar-refractivity contribution in [3.63, 3.8) is 0 Å². The van der Waals surface area contributed by atoms with Crippen LogP contribution in [0, 0.1) is 20.8 Å². The highest BCUT2D eigenvalue weighted by molar-refractivity contribution is 5.49. The van der Waals surface area contributed by atoms with Crippen LogP contribution in [0.4, 0.5) is 0 Å². The molecule has 26 heavy (non-hydrogen) atoms. The van der Waals surface area contributed by atoms with E-state index in [1.165, 1.54) is 16.7 Å². The average molecular weight is 346 g/mol. The molecule has 3 aromatic carbocycles. The Bertz CT molecular complexity index is 720. The second-order valence-electron chi connectivity index (χ2n) is 6.85. The zero-order chi connectivity index (χ0) is 18.6. The quantitative estimate of drug-likeness (QED) is 0.643. The zero-order valence-electron chi connectivity index (χ0n) is 15.7. The molecule has 0 spiro atoms. The van der Waals surface area contributed by atoms with Crippen molar-refractivity contribution in [3.05, 3.63) is 106 Å². The van der Waals surface area contributed by atoms with Gasteiger partial charge in [0, 0.05) is 0 Å². The molecule has 3 aromatic rings. The molecule has 1 N–H and O–H groups in total.